The van der Waals surface area contributed by atoms with Gasteiger partial charge in [-0.2, -0.15) is 0 Å². The Hall–Kier alpha value is -2.53. The van der Waals surface area contributed by atoms with E-state index in [1.165, 1.54) is 4.90 Å². The summed E-state index contributed by atoms with van der Waals surface area (Å²) < 4.78 is 5.76. The number of nitrogens with zero attached hydrogens (tertiary/aromatic N) is 1. The molecule has 0 radical (unpaired) electrons. The summed E-state index contributed by atoms with van der Waals surface area (Å²) in [6.07, 6.45) is 0.830. The minimum Gasteiger partial charge on any atom is -0.483 e. The monoisotopic (exact) mass is 416 g/mol. The van der Waals surface area contributed by atoms with E-state index in [1.54, 1.807) is 19.1 Å². The van der Waals surface area contributed by atoms with E-state index in [4.69, 9.17) is 16.3 Å². The topological polar surface area (TPSA) is 58.6 Å². The highest BCUT2D eigenvalue weighted by Gasteiger charge is 2.26. The van der Waals surface area contributed by atoms with Gasteiger partial charge in [0, 0.05) is 18.1 Å². The zero-order valence-electron chi connectivity index (χ0n) is 17.5. The third kappa shape index (κ3) is 6.79. The molecule has 0 aromatic heterocycles. The van der Waals surface area contributed by atoms with Crippen molar-refractivity contribution in [3.05, 3.63) is 64.2 Å². The maximum absolute atomic E-state index is 13.0. The van der Waals surface area contributed by atoms with Gasteiger partial charge in [0.1, 0.15) is 11.8 Å². The van der Waals surface area contributed by atoms with Crippen molar-refractivity contribution in [2.24, 2.45) is 0 Å². The summed E-state index contributed by atoms with van der Waals surface area (Å²) in [7, 11) is 0. The first-order valence-corrected chi connectivity index (χ1v) is 10.2. The van der Waals surface area contributed by atoms with Crippen molar-refractivity contribution in [3.63, 3.8) is 0 Å². The predicted octanol–water partition coefficient (Wildman–Crippen LogP) is 4.28. The molecule has 0 fully saturated rings. The Balaban J connectivity index is 2.15. The molecule has 0 spiro atoms. The second-order valence-corrected chi connectivity index (χ2v) is 7.61. The molecule has 0 aliphatic carbocycles. The van der Waals surface area contributed by atoms with Crippen LogP contribution in [0.2, 0.25) is 5.02 Å². The number of nitrogens with one attached hydrogen (secondary N) is 1. The van der Waals surface area contributed by atoms with Crippen molar-refractivity contribution >= 4 is 23.4 Å². The molecular weight excluding hydrogens is 388 g/mol. The van der Waals surface area contributed by atoms with Crippen LogP contribution in [0.1, 0.15) is 37.0 Å². The molecule has 2 rings (SSSR count). The van der Waals surface area contributed by atoms with Crippen LogP contribution >= 0.6 is 11.6 Å². The van der Waals surface area contributed by atoms with Gasteiger partial charge < -0.3 is 15.0 Å². The van der Waals surface area contributed by atoms with Crippen molar-refractivity contribution in [1.82, 2.24) is 10.2 Å². The molecule has 0 bridgehead atoms. The molecule has 2 aromatic carbocycles. The van der Waals surface area contributed by atoms with E-state index < -0.39 is 6.04 Å². The lowest BCUT2D eigenvalue weighted by Crippen LogP contribution is -2.49. The zero-order chi connectivity index (χ0) is 21.4. The SMILES string of the molecule is CCCNC(=O)[C@@H](C)N(Cc1cccc(Cl)c1)C(=O)COc1ccc(C)cc1C. The average Bonchev–Trinajstić information content (AvgIpc) is 2.69. The average molecular weight is 417 g/mol. The molecular formula is C23H29ClN2O3. The fourth-order valence-electron chi connectivity index (χ4n) is 2.99. The maximum atomic E-state index is 13.0. The molecule has 1 N–H and O–H groups in total. The Labute approximate surface area is 178 Å². The van der Waals surface area contributed by atoms with E-state index in [2.05, 4.69) is 5.32 Å². The highest BCUT2D eigenvalue weighted by atomic mass is 35.5. The summed E-state index contributed by atoms with van der Waals surface area (Å²) >= 11 is 6.08. The van der Waals surface area contributed by atoms with Crippen LogP contribution in [0.25, 0.3) is 0 Å². The van der Waals surface area contributed by atoms with Gasteiger partial charge >= 0.3 is 0 Å². The van der Waals surface area contributed by atoms with Gasteiger partial charge in [0.05, 0.1) is 0 Å². The van der Waals surface area contributed by atoms with Gasteiger partial charge in [0.25, 0.3) is 5.91 Å². The molecule has 29 heavy (non-hydrogen) atoms. The van der Waals surface area contributed by atoms with Crippen LogP contribution in [-0.2, 0) is 16.1 Å². The number of hydrogen-bond acceptors (Lipinski definition) is 3. The van der Waals surface area contributed by atoms with Crippen LogP contribution in [0.5, 0.6) is 5.75 Å². The maximum Gasteiger partial charge on any atom is 0.261 e. The second-order valence-electron chi connectivity index (χ2n) is 7.18. The number of benzene rings is 2. The third-order valence-electron chi connectivity index (χ3n) is 4.64. The Morgan fingerprint density at radius 3 is 2.59 bits per heavy atom. The largest absolute Gasteiger partial charge is 0.483 e. The molecule has 6 heteroatoms. The van der Waals surface area contributed by atoms with Gasteiger partial charge in [-0.25, -0.2) is 0 Å². The predicted molar refractivity (Wildman–Crippen MR) is 116 cm³/mol. The van der Waals surface area contributed by atoms with Crippen LogP contribution in [0.3, 0.4) is 0 Å². The van der Waals surface area contributed by atoms with Gasteiger partial charge in [-0.3, -0.25) is 9.59 Å². The van der Waals surface area contributed by atoms with E-state index in [1.807, 2.05) is 51.1 Å². The number of hydrogen-bond donors (Lipinski definition) is 1. The Morgan fingerprint density at radius 1 is 1.17 bits per heavy atom. The summed E-state index contributed by atoms with van der Waals surface area (Å²) in [5.41, 5.74) is 2.95. The summed E-state index contributed by atoms with van der Waals surface area (Å²) in [5, 5.41) is 3.44. The molecule has 0 saturated carbocycles. The van der Waals surface area contributed by atoms with Crippen molar-refractivity contribution in [3.8, 4) is 5.75 Å². The van der Waals surface area contributed by atoms with E-state index in [9.17, 15) is 9.59 Å². The van der Waals surface area contributed by atoms with E-state index >= 15 is 0 Å². The van der Waals surface area contributed by atoms with E-state index in [-0.39, 0.29) is 25.0 Å². The number of carbonyl (C=O) groups excluding carboxylic acids is 2. The van der Waals surface area contributed by atoms with Gasteiger partial charge in [-0.1, -0.05) is 48.4 Å². The smallest absolute Gasteiger partial charge is 0.261 e. The summed E-state index contributed by atoms with van der Waals surface area (Å²) in [6, 6.07) is 12.5. The van der Waals surface area contributed by atoms with Crippen LogP contribution in [-0.4, -0.2) is 35.9 Å². The zero-order valence-corrected chi connectivity index (χ0v) is 18.3. The highest BCUT2D eigenvalue weighted by molar-refractivity contribution is 6.30. The van der Waals surface area contributed by atoms with Crippen LogP contribution in [0.15, 0.2) is 42.5 Å². The first-order chi connectivity index (χ1) is 13.8. The molecule has 0 saturated heterocycles. The van der Waals surface area contributed by atoms with E-state index in [0.29, 0.717) is 17.3 Å². The first kappa shape index (κ1) is 22.8. The molecule has 2 amide bonds. The van der Waals surface area contributed by atoms with Gasteiger partial charge in [-0.15, -0.1) is 0 Å². The number of amides is 2. The molecule has 5 nitrogen and oxygen atoms in total. The fourth-order valence-corrected chi connectivity index (χ4v) is 3.21. The summed E-state index contributed by atoms with van der Waals surface area (Å²) in [4.78, 5) is 27.0. The minimum atomic E-state index is -0.629. The minimum absolute atomic E-state index is 0.143. The van der Waals surface area contributed by atoms with Gasteiger partial charge in [0.2, 0.25) is 5.91 Å². The normalized spacial score (nSPS) is 11.6. The Kier molecular flexibility index (Phi) is 8.52. The molecule has 0 heterocycles. The van der Waals surface area contributed by atoms with Crippen molar-refractivity contribution in [2.45, 2.75) is 46.7 Å². The lowest BCUT2D eigenvalue weighted by atomic mass is 10.1. The molecule has 0 unspecified atom stereocenters. The molecule has 0 aliphatic heterocycles. The standard InChI is InChI=1S/C23H29ClN2O3/c1-5-11-25-23(28)18(4)26(14-19-7-6-8-20(24)13-19)22(27)15-29-21-10-9-16(2)12-17(21)3/h6-10,12-13,18H,5,11,14-15H2,1-4H3,(H,25,28)/t18-/m1/s1. The number of ether oxygens (including phenoxy) is 1. The quantitative estimate of drug-likeness (QED) is 0.663. The van der Waals surface area contributed by atoms with E-state index in [0.717, 1.165) is 23.1 Å². The second kappa shape index (κ2) is 10.9. The van der Waals surface area contributed by atoms with Gasteiger partial charge in [-0.05, 0) is 56.5 Å². The fraction of sp³-hybridized carbons (Fsp3) is 0.391. The number of rotatable bonds is 9. The van der Waals surface area contributed by atoms with Crippen LogP contribution in [0, 0.1) is 13.8 Å². The van der Waals surface area contributed by atoms with Crippen LogP contribution < -0.4 is 10.1 Å². The Morgan fingerprint density at radius 2 is 1.93 bits per heavy atom. The number of halogens is 1. The molecule has 2 aromatic rings. The van der Waals surface area contributed by atoms with Crippen molar-refractivity contribution in [2.75, 3.05) is 13.2 Å². The number of aryl methyl sites for hydroxylation is 2. The lowest BCUT2D eigenvalue weighted by molar-refractivity contribution is -0.142. The Bertz CT molecular complexity index is 854. The summed E-state index contributed by atoms with van der Waals surface area (Å²) in [6.45, 7) is 8.36. The lowest BCUT2D eigenvalue weighted by Gasteiger charge is -2.29. The summed E-state index contributed by atoms with van der Waals surface area (Å²) in [5.74, 6) is 0.215. The van der Waals surface area contributed by atoms with Crippen molar-refractivity contribution in [1.29, 1.82) is 0 Å². The van der Waals surface area contributed by atoms with Crippen molar-refractivity contribution < 1.29 is 14.3 Å². The van der Waals surface area contributed by atoms with Crippen LogP contribution in [0.4, 0.5) is 0 Å². The molecule has 156 valence electrons. The third-order valence-corrected chi connectivity index (χ3v) is 4.88. The molecule has 1 atom stereocenters. The van der Waals surface area contributed by atoms with Gasteiger partial charge in [0.15, 0.2) is 6.61 Å². The first-order valence-electron chi connectivity index (χ1n) is 9.83. The molecule has 0 aliphatic rings. The number of carbonyl (C=O) groups is 2. The highest BCUT2D eigenvalue weighted by Crippen LogP contribution is 2.19.